The van der Waals surface area contributed by atoms with Crippen molar-refractivity contribution in [3.05, 3.63) is 35.4 Å². The van der Waals surface area contributed by atoms with Gasteiger partial charge in [-0.2, -0.15) is 0 Å². The maximum absolute atomic E-state index is 12.6. The molecule has 3 rings (SSSR count). The normalized spacial score (nSPS) is 18.8. The van der Waals surface area contributed by atoms with Crippen molar-refractivity contribution in [2.75, 3.05) is 40.4 Å². The molecule has 0 bridgehead atoms. The van der Waals surface area contributed by atoms with E-state index in [1.165, 1.54) is 25.7 Å². The third kappa shape index (κ3) is 5.95. The number of amides is 1. The molecular formula is C23H36N4O2. The van der Waals surface area contributed by atoms with Gasteiger partial charge in [0.2, 0.25) is 0 Å². The van der Waals surface area contributed by atoms with Gasteiger partial charge in [0.25, 0.3) is 5.91 Å². The number of methoxy groups -OCH3 is 1. The minimum Gasteiger partial charge on any atom is -0.385 e. The Morgan fingerprint density at radius 1 is 1.10 bits per heavy atom. The fourth-order valence-corrected chi connectivity index (χ4v) is 4.23. The van der Waals surface area contributed by atoms with Crippen molar-refractivity contribution in [1.29, 1.82) is 0 Å². The van der Waals surface area contributed by atoms with Crippen molar-refractivity contribution in [2.24, 2.45) is 10.4 Å². The SMILES string of the molecule is CN=C(NCc1ccc(C(=O)N2CCCCC2)cc1)NCC1(CCOC)CCC1. The Kier molecular flexibility index (Phi) is 7.92. The van der Waals surface area contributed by atoms with Crippen LogP contribution in [0.2, 0.25) is 0 Å². The van der Waals surface area contributed by atoms with Crippen molar-refractivity contribution >= 4 is 11.9 Å². The molecule has 6 nitrogen and oxygen atoms in total. The number of aliphatic imine (C=N–C) groups is 1. The number of ether oxygens (including phenoxy) is 1. The van der Waals surface area contributed by atoms with E-state index in [1.807, 2.05) is 29.2 Å². The van der Waals surface area contributed by atoms with E-state index >= 15 is 0 Å². The molecule has 2 N–H and O–H groups in total. The fourth-order valence-electron chi connectivity index (χ4n) is 4.23. The number of carbonyl (C=O) groups is 1. The van der Waals surface area contributed by atoms with Crippen molar-refractivity contribution < 1.29 is 9.53 Å². The molecule has 29 heavy (non-hydrogen) atoms. The predicted octanol–water partition coefficient (Wildman–Crippen LogP) is 3.18. The number of piperidine rings is 1. The first kappa shape index (κ1) is 21.6. The summed E-state index contributed by atoms with van der Waals surface area (Å²) in [6.45, 7) is 4.20. The summed E-state index contributed by atoms with van der Waals surface area (Å²) in [6, 6.07) is 7.95. The second-order valence-corrected chi connectivity index (χ2v) is 8.43. The first-order valence-corrected chi connectivity index (χ1v) is 11.0. The number of nitrogens with one attached hydrogen (secondary N) is 2. The summed E-state index contributed by atoms with van der Waals surface area (Å²) in [5, 5.41) is 6.87. The molecule has 2 fully saturated rings. The second kappa shape index (κ2) is 10.6. The van der Waals surface area contributed by atoms with E-state index in [2.05, 4.69) is 15.6 Å². The lowest BCUT2D eigenvalue weighted by Gasteiger charge is -2.42. The number of hydrogen-bond acceptors (Lipinski definition) is 3. The molecule has 6 heteroatoms. The van der Waals surface area contributed by atoms with E-state index in [4.69, 9.17) is 4.74 Å². The van der Waals surface area contributed by atoms with Gasteiger partial charge in [0.15, 0.2) is 5.96 Å². The third-order valence-corrected chi connectivity index (χ3v) is 6.41. The van der Waals surface area contributed by atoms with Crippen LogP contribution in [-0.4, -0.2) is 57.2 Å². The Morgan fingerprint density at radius 3 is 2.41 bits per heavy atom. The minimum absolute atomic E-state index is 0.156. The van der Waals surface area contributed by atoms with Crippen LogP contribution in [0, 0.1) is 5.41 Å². The van der Waals surface area contributed by atoms with Gasteiger partial charge in [-0.15, -0.1) is 0 Å². The fraction of sp³-hybridized carbons (Fsp3) is 0.652. The largest absolute Gasteiger partial charge is 0.385 e. The molecule has 0 atom stereocenters. The first-order valence-electron chi connectivity index (χ1n) is 11.0. The highest BCUT2D eigenvalue weighted by atomic mass is 16.5. The van der Waals surface area contributed by atoms with Gasteiger partial charge >= 0.3 is 0 Å². The van der Waals surface area contributed by atoms with Crippen LogP contribution in [0.3, 0.4) is 0 Å². The number of guanidine groups is 1. The molecule has 1 aromatic rings. The molecule has 2 aliphatic rings. The van der Waals surface area contributed by atoms with E-state index in [9.17, 15) is 4.79 Å². The quantitative estimate of drug-likeness (QED) is 0.520. The molecule has 1 aliphatic heterocycles. The first-order chi connectivity index (χ1) is 14.2. The van der Waals surface area contributed by atoms with Crippen LogP contribution in [0.25, 0.3) is 0 Å². The lowest BCUT2D eigenvalue weighted by Crippen LogP contribution is -2.46. The van der Waals surface area contributed by atoms with Crippen LogP contribution >= 0.6 is 0 Å². The van der Waals surface area contributed by atoms with Gasteiger partial charge in [-0.05, 0) is 61.6 Å². The Bertz CT molecular complexity index is 677. The van der Waals surface area contributed by atoms with Crippen LogP contribution in [0.15, 0.2) is 29.3 Å². The average molecular weight is 401 g/mol. The van der Waals surface area contributed by atoms with Gasteiger partial charge in [0.05, 0.1) is 0 Å². The number of hydrogen-bond donors (Lipinski definition) is 2. The molecule has 1 heterocycles. The van der Waals surface area contributed by atoms with Crippen LogP contribution in [-0.2, 0) is 11.3 Å². The number of nitrogens with zero attached hydrogens (tertiary/aromatic N) is 2. The van der Waals surface area contributed by atoms with Crippen LogP contribution in [0.5, 0.6) is 0 Å². The molecule has 1 amide bonds. The van der Waals surface area contributed by atoms with Crippen LogP contribution in [0.4, 0.5) is 0 Å². The maximum atomic E-state index is 12.6. The number of likely N-dealkylation sites (tertiary alicyclic amines) is 1. The monoisotopic (exact) mass is 400 g/mol. The van der Waals surface area contributed by atoms with E-state index in [0.717, 1.165) is 62.6 Å². The van der Waals surface area contributed by atoms with E-state index in [0.29, 0.717) is 12.0 Å². The molecule has 1 aliphatic carbocycles. The zero-order valence-corrected chi connectivity index (χ0v) is 18.0. The van der Waals surface area contributed by atoms with E-state index in [1.54, 1.807) is 14.2 Å². The summed E-state index contributed by atoms with van der Waals surface area (Å²) in [6.07, 6.45) is 8.39. The molecule has 160 valence electrons. The summed E-state index contributed by atoms with van der Waals surface area (Å²) in [4.78, 5) is 18.9. The highest BCUT2D eigenvalue weighted by molar-refractivity contribution is 5.94. The minimum atomic E-state index is 0.156. The predicted molar refractivity (Wildman–Crippen MR) is 117 cm³/mol. The van der Waals surface area contributed by atoms with E-state index < -0.39 is 0 Å². The molecule has 0 unspecified atom stereocenters. The average Bonchev–Trinajstić information content (AvgIpc) is 2.75. The van der Waals surface area contributed by atoms with Gasteiger partial charge in [-0.3, -0.25) is 9.79 Å². The molecule has 1 aromatic carbocycles. The molecule has 1 saturated heterocycles. The topological polar surface area (TPSA) is 66.0 Å². The Morgan fingerprint density at radius 2 is 1.83 bits per heavy atom. The van der Waals surface area contributed by atoms with Gasteiger partial charge in [0, 0.05) is 52.5 Å². The maximum Gasteiger partial charge on any atom is 0.253 e. The lowest BCUT2D eigenvalue weighted by atomic mass is 9.67. The summed E-state index contributed by atoms with van der Waals surface area (Å²) in [5.41, 5.74) is 2.27. The Balaban J connectivity index is 1.46. The van der Waals surface area contributed by atoms with Crippen LogP contribution < -0.4 is 10.6 Å². The summed E-state index contributed by atoms with van der Waals surface area (Å²) in [7, 11) is 3.57. The molecular weight excluding hydrogens is 364 g/mol. The number of rotatable bonds is 8. The molecule has 0 radical (unpaired) electrons. The zero-order chi connectivity index (χ0) is 20.5. The van der Waals surface area contributed by atoms with Crippen molar-refractivity contribution in [3.63, 3.8) is 0 Å². The second-order valence-electron chi connectivity index (χ2n) is 8.43. The van der Waals surface area contributed by atoms with Gasteiger partial charge in [0.1, 0.15) is 0 Å². The Labute approximate surface area is 175 Å². The van der Waals surface area contributed by atoms with Gasteiger partial charge in [-0.1, -0.05) is 18.6 Å². The lowest BCUT2D eigenvalue weighted by molar-refractivity contribution is 0.0723. The van der Waals surface area contributed by atoms with Gasteiger partial charge in [-0.25, -0.2) is 0 Å². The summed E-state index contributed by atoms with van der Waals surface area (Å²) >= 11 is 0. The highest BCUT2D eigenvalue weighted by Crippen LogP contribution is 2.43. The number of carbonyl (C=O) groups excluding carboxylic acids is 1. The molecule has 1 saturated carbocycles. The van der Waals surface area contributed by atoms with Gasteiger partial charge < -0.3 is 20.3 Å². The smallest absolute Gasteiger partial charge is 0.253 e. The summed E-state index contributed by atoms with van der Waals surface area (Å²) < 4.78 is 5.28. The van der Waals surface area contributed by atoms with Crippen molar-refractivity contribution in [1.82, 2.24) is 15.5 Å². The third-order valence-electron chi connectivity index (χ3n) is 6.41. The van der Waals surface area contributed by atoms with Crippen LogP contribution in [0.1, 0.15) is 60.9 Å². The highest BCUT2D eigenvalue weighted by Gasteiger charge is 2.36. The molecule has 0 spiro atoms. The standard InChI is InChI=1S/C23H36N4O2/c1-24-22(26-18-23(11-6-12-23)13-16-29-2)25-17-19-7-9-20(10-8-19)21(28)27-14-4-3-5-15-27/h7-10H,3-6,11-18H2,1-2H3,(H2,24,25,26). The van der Waals surface area contributed by atoms with Crippen molar-refractivity contribution in [2.45, 2.75) is 51.5 Å². The summed E-state index contributed by atoms with van der Waals surface area (Å²) in [5.74, 6) is 0.978. The Hall–Kier alpha value is -2.08. The number of benzene rings is 1. The zero-order valence-electron chi connectivity index (χ0n) is 18.0. The van der Waals surface area contributed by atoms with E-state index in [-0.39, 0.29) is 5.91 Å². The molecule has 0 aromatic heterocycles. The van der Waals surface area contributed by atoms with Crippen molar-refractivity contribution in [3.8, 4) is 0 Å².